The standard InChI is InChI=1S/C12H14N2O3S2/c1-8-10(4-5-16-8)19(15)7-11-13-12(14-17-11)9-3-2-6-18-9/h2-3,6,8,10H,4-5,7H2,1H3. The molecule has 0 amide bonds. The molecule has 2 aromatic rings. The third kappa shape index (κ3) is 2.77. The van der Waals surface area contributed by atoms with Crippen molar-refractivity contribution in [3.8, 4) is 10.7 Å². The van der Waals surface area contributed by atoms with Crippen molar-refractivity contribution in [2.75, 3.05) is 6.61 Å². The van der Waals surface area contributed by atoms with Crippen molar-refractivity contribution in [2.45, 2.75) is 30.5 Å². The molecule has 0 saturated carbocycles. The van der Waals surface area contributed by atoms with Gasteiger partial charge in [0.2, 0.25) is 11.7 Å². The maximum atomic E-state index is 12.2. The first-order valence-corrected chi connectivity index (χ1v) is 8.35. The van der Waals surface area contributed by atoms with Crippen LogP contribution in [0.25, 0.3) is 10.7 Å². The van der Waals surface area contributed by atoms with E-state index in [-0.39, 0.29) is 11.4 Å². The molecule has 7 heteroatoms. The van der Waals surface area contributed by atoms with E-state index in [1.54, 1.807) is 11.3 Å². The van der Waals surface area contributed by atoms with Crippen LogP contribution in [0.15, 0.2) is 22.0 Å². The minimum Gasteiger partial charge on any atom is -0.377 e. The first kappa shape index (κ1) is 13.0. The molecule has 0 N–H and O–H groups in total. The van der Waals surface area contributed by atoms with Crippen LogP contribution in [0.3, 0.4) is 0 Å². The number of nitrogens with zero attached hydrogens (tertiary/aromatic N) is 2. The highest BCUT2D eigenvalue weighted by molar-refractivity contribution is 7.84. The number of ether oxygens (including phenoxy) is 1. The fourth-order valence-electron chi connectivity index (χ4n) is 2.11. The molecule has 0 spiro atoms. The van der Waals surface area contributed by atoms with E-state index in [1.807, 2.05) is 24.4 Å². The molecule has 102 valence electrons. The summed E-state index contributed by atoms with van der Waals surface area (Å²) in [6.07, 6.45) is 0.875. The number of hydrogen-bond acceptors (Lipinski definition) is 6. The minimum absolute atomic E-state index is 0.0421. The van der Waals surface area contributed by atoms with Crippen LogP contribution in [0.4, 0.5) is 0 Å². The molecule has 0 aromatic carbocycles. The van der Waals surface area contributed by atoms with Gasteiger partial charge in [0.05, 0.1) is 16.2 Å². The lowest BCUT2D eigenvalue weighted by molar-refractivity contribution is 0.127. The first-order chi connectivity index (χ1) is 9.24. The fourth-order valence-corrected chi connectivity index (χ4v) is 4.19. The maximum Gasteiger partial charge on any atom is 0.239 e. The Bertz CT molecular complexity index is 567. The summed E-state index contributed by atoms with van der Waals surface area (Å²) in [6, 6.07) is 3.87. The van der Waals surface area contributed by atoms with E-state index in [0.29, 0.717) is 24.1 Å². The average molecular weight is 298 g/mol. The van der Waals surface area contributed by atoms with Gasteiger partial charge in [-0.2, -0.15) is 4.98 Å². The lowest BCUT2D eigenvalue weighted by Gasteiger charge is -2.11. The monoisotopic (exact) mass is 298 g/mol. The lowest BCUT2D eigenvalue weighted by Crippen LogP contribution is -2.24. The van der Waals surface area contributed by atoms with E-state index < -0.39 is 10.8 Å². The smallest absolute Gasteiger partial charge is 0.239 e. The van der Waals surface area contributed by atoms with Gasteiger partial charge in [0, 0.05) is 17.4 Å². The molecule has 1 fully saturated rings. The van der Waals surface area contributed by atoms with E-state index in [0.717, 1.165) is 11.3 Å². The molecule has 1 saturated heterocycles. The van der Waals surface area contributed by atoms with Gasteiger partial charge in [0.1, 0.15) is 5.75 Å². The average Bonchev–Trinajstić information content (AvgIpc) is 3.07. The molecule has 0 bridgehead atoms. The van der Waals surface area contributed by atoms with E-state index in [1.165, 1.54) is 0 Å². The summed E-state index contributed by atoms with van der Waals surface area (Å²) in [5.41, 5.74) is 0. The van der Waals surface area contributed by atoms with Gasteiger partial charge >= 0.3 is 0 Å². The van der Waals surface area contributed by atoms with Gasteiger partial charge in [0.15, 0.2) is 0 Å². The van der Waals surface area contributed by atoms with Crippen LogP contribution in [0.1, 0.15) is 19.2 Å². The summed E-state index contributed by atoms with van der Waals surface area (Å²) in [7, 11) is -1.03. The van der Waals surface area contributed by atoms with Gasteiger partial charge in [0.25, 0.3) is 0 Å². The molecule has 0 aliphatic carbocycles. The summed E-state index contributed by atoms with van der Waals surface area (Å²) in [4.78, 5) is 5.24. The Hall–Kier alpha value is -1.05. The Kier molecular flexibility index (Phi) is 3.76. The second-order valence-corrected chi connectivity index (χ2v) is 7.02. The molecule has 5 nitrogen and oxygen atoms in total. The summed E-state index contributed by atoms with van der Waals surface area (Å²) in [5, 5.41) is 5.94. The molecule has 0 radical (unpaired) electrons. The predicted octanol–water partition coefficient (Wildman–Crippen LogP) is 2.22. The van der Waals surface area contributed by atoms with Crippen molar-refractivity contribution >= 4 is 22.1 Å². The molecule has 1 aliphatic rings. The van der Waals surface area contributed by atoms with E-state index in [4.69, 9.17) is 9.26 Å². The number of rotatable bonds is 4. The van der Waals surface area contributed by atoms with Crippen molar-refractivity contribution in [1.29, 1.82) is 0 Å². The Balaban J connectivity index is 1.69. The van der Waals surface area contributed by atoms with Crippen LogP contribution in [-0.2, 0) is 21.3 Å². The zero-order valence-electron chi connectivity index (χ0n) is 10.4. The largest absolute Gasteiger partial charge is 0.377 e. The summed E-state index contributed by atoms with van der Waals surface area (Å²) < 4.78 is 22.8. The SMILES string of the molecule is CC1OCCC1S(=O)Cc1nc(-c2cccs2)no1. The summed E-state index contributed by atoms with van der Waals surface area (Å²) in [5.74, 6) is 1.30. The van der Waals surface area contributed by atoms with Gasteiger partial charge in [-0.15, -0.1) is 11.3 Å². The third-order valence-electron chi connectivity index (χ3n) is 3.12. The second-order valence-electron chi connectivity index (χ2n) is 4.42. The fraction of sp³-hybridized carbons (Fsp3) is 0.500. The summed E-state index contributed by atoms with van der Waals surface area (Å²) in [6.45, 7) is 2.64. The first-order valence-electron chi connectivity index (χ1n) is 6.09. The lowest BCUT2D eigenvalue weighted by atomic mass is 10.3. The third-order valence-corrected chi connectivity index (χ3v) is 5.81. The van der Waals surface area contributed by atoms with E-state index in [2.05, 4.69) is 10.1 Å². The van der Waals surface area contributed by atoms with Crippen LogP contribution in [0.5, 0.6) is 0 Å². The number of thiophene rings is 1. The molecule has 2 aromatic heterocycles. The van der Waals surface area contributed by atoms with Crippen molar-refractivity contribution < 1.29 is 13.5 Å². The summed E-state index contributed by atoms with van der Waals surface area (Å²) >= 11 is 1.55. The molecular formula is C12H14N2O3S2. The number of aromatic nitrogens is 2. The molecule has 3 atom stereocenters. The van der Waals surface area contributed by atoms with Crippen LogP contribution in [0, 0.1) is 0 Å². The van der Waals surface area contributed by atoms with Crippen LogP contribution in [-0.4, -0.2) is 32.3 Å². The Morgan fingerprint density at radius 2 is 2.47 bits per heavy atom. The minimum atomic E-state index is -1.03. The normalized spacial score (nSPS) is 24.7. The molecule has 19 heavy (non-hydrogen) atoms. The van der Waals surface area contributed by atoms with Gasteiger partial charge in [-0.3, -0.25) is 4.21 Å². The Morgan fingerprint density at radius 1 is 1.58 bits per heavy atom. The van der Waals surface area contributed by atoms with Gasteiger partial charge in [-0.05, 0) is 24.8 Å². The predicted molar refractivity (Wildman–Crippen MR) is 73.3 cm³/mol. The van der Waals surface area contributed by atoms with E-state index in [9.17, 15) is 4.21 Å². The van der Waals surface area contributed by atoms with Crippen molar-refractivity contribution in [1.82, 2.24) is 10.1 Å². The maximum absolute atomic E-state index is 12.2. The Morgan fingerprint density at radius 3 is 3.16 bits per heavy atom. The van der Waals surface area contributed by atoms with Crippen LogP contribution in [0.2, 0.25) is 0 Å². The Labute approximate surface area is 117 Å². The van der Waals surface area contributed by atoms with Crippen molar-refractivity contribution in [2.24, 2.45) is 0 Å². The molecule has 3 rings (SSSR count). The topological polar surface area (TPSA) is 65.2 Å². The zero-order chi connectivity index (χ0) is 13.2. The highest BCUT2D eigenvalue weighted by atomic mass is 32.2. The molecule has 3 heterocycles. The van der Waals surface area contributed by atoms with Gasteiger partial charge < -0.3 is 9.26 Å². The molecule has 3 unspecified atom stereocenters. The van der Waals surface area contributed by atoms with Crippen LogP contribution < -0.4 is 0 Å². The molecule has 1 aliphatic heterocycles. The highest BCUT2D eigenvalue weighted by Gasteiger charge is 2.30. The zero-order valence-corrected chi connectivity index (χ0v) is 12.1. The van der Waals surface area contributed by atoms with Crippen molar-refractivity contribution in [3.63, 3.8) is 0 Å². The second kappa shape index (κ2) is 5.52. The van der Waals surface area contributed by atoms with Gasteiger partial charge in [-0.1, -0.05) is 11.2 Å². The van der Waals surface area contributed by atoms with Crippen LogP contribution >= 0.6 is 11.3 Å². The highest BCUT2D eigenvalue weighted by Crippen LogP contribution is 2.23. The van der Waals surface area contributed by atoms with E-state index >= 15 is 0 Å². The van der Waals surface area contributed by atoms with Crippen molar-refractivity contribution in [3.05, 3.63) is 23.4 Å². The number of hydrogen-bond donors (Lipinski definition) is 0. The van der Waals surface area contributed by atoms with Gasteiger partial charge in [-0.25, -0.2) is 0 Å². The molecular weight excluding hydrogens is 284 g/mol. The quantitative estimate of drug-likeness (QED) is 0.866.